The molecule has 1 saturated heterocycles. The molecule has 1 aromatic carbocycles. The first-order valence-corrected chi connectivity index (χ1v) is 6.73. The lowest BCUT2D eigenvalue weighted by atomic mass is 9.93. The van der Waals surface area contributed by atoms with Gasteiger partial charge in [0.15, 0.2) is 0 Å². The molecule has 2 heterocycles. The van der Waals surface area contributed by atoms with Crippen molar-refractivity contribution in [3.05, 3.63) is 34.4 Å². The Balaban J connectivity index is 1.80. The minimum atomic E-state index is 0.220. The lowest BCUT2D eigenvalue weighted by Crippen LogP contribution is -2.52. The molecule has 3 nitrogen and oxygen atoms in total. The van der Waals surface area contributed by atoms with E-state index in [4.69, 9.17) is 0 Å². The molecule has 1 N–H and O–H groups in total. The average Bonchev–Trinajstić information content (AvgIpc) is 2.27. The van der Waals surface area contributed by atoms with Gasteiger partial charge in [-0.15, -0.1) is 0 Å². The van der Waals surface area contributed by atoms with Crippen LogP contribution in [0.3, 0.4) is 0 Å². The highest BCUT2D eigenvalue weighted by Crippen LogP contribution is 2.24. The van der Waals surface area contributed by atoms with Crippen LogP contribution in [0.15, 0.2) is 12.1 Å². The van der Waals surface area contributed by atoms with Crippen LogP contribution in [0.4, 0.5) is 0 Å². The molecule has 96 valence electrons. The van der Waals surface area contributed by atoms with E-state index >= 15 is 0 Å². The van der Waals surface area contributed by atoms with Crippen LogP contribution in [0.5, 0.6) is 0 Å². The zero-order chi connectivity index (χ0) is 12.7. The highest BCUT2D eigenvalue weighted by Gasteiger charge is 2.30. The van der Waals surface area contributed by atoms with Gasteiger partial charge in [0, 0.05) is 26.2 Å². The molecule has 0 atom stereocenters. The molecule has 2 aliphatic rings. The molecule has 0 saturated carbocycles. The largest absolute Gasteiger partial charge is 0.338 e. The Labute approximate surface area is 108 Å². The second-order valence-electron chi connectivity index (χ2n) is 5.57. The third-order valence-electron chi connectivity index (χ3n) is 4.27. The van der Waals surface area contributed by atoms with E-state index in [-0.39, 0.29) is 5.92 Å². The van der Waals surface area contributed by atoms with E-state index in [1.165, 1.54) is 22.3 Å². The number of fused-ring (bicyclic) bond motifs is 1. The van der Waals surface area contributed by atoms with Gasteiger partial charge in [-0.2, -0.15) is 0 Å². The van der Waals surface area contributed by atoms with Gasteiger partial charge >= 0.3 is 0 Å². The molecule has 0 unspecified atom stereocenters. The first-order valence-electron chi connectivity index (χ1n) is 6.73. The molecule has 0 aromatic heterocycles. The van der Waals surface area contributed by atoms with Crippen LogP contribution >= 0.6 is 0 Å². The SMILES string of the molecule is Cc1cc2c(cc1C)CN(C(=O)C1CNC1)CC2. The molecule has 0 spiro atoms. The molecule has 2 aliphatic heterocycles. The van der Waals surface area contributed by atoms with E-state index in [1.54, 1.807) is 0 Å². The quantitative estimate of drug-likeness (QED) is 0.810. The number of rotatable bonds is 1. The summed E-state index contributed by atoms with van der Waals surface area (Å²) < 4.78 is 0. The van der Waals surface area contributed by atoms with E-state index in [1.807, 2.05) is 4.90 Å². The summed E-state index contributed by atoms with van der Waals surface area (Å²) in [6, 6.07) is 4.54. The Hall–Kier alpha value is -1.35. The predicted octanol–water partition coefficient (Wildman–Crippen LogP) is 1.41. The molecule has 1 fully saturated rings. The standard InChI is InChI=1S/C15H20N2O/c1-10-5-12-3-4-17(9-13(12)6-11(10)2)15(18)14-7-16-8-14/h5-6,14,16H,3-4,7-9H2,1-2H3. The highest BCUT2D eigenvalue weighted by atomic mass is 16.2. The van der Waals surface area contributed by atoms with E-state index < -0.39 is 0 Å². The molecule has 0 aliphatic carbocycles. The van der Waals surface area contributed by atoms with E-state index in [0.29, 0.717) is 5.91 Å². The van der Waals surface area contributed by atoms with Crippen LogP contribution in [-0.4, -0.2) is 30.4 Å². The molecule has 3 rings (SSSR count). The van der Waals surface area contributed by atoms with Gasteiger partial charge < -0.3 is 10.2 Å². The third-order valence-corrected chi connectivity index (χ3v) is 4.27. The summed E-state index contributed by atoms with van der Waals surface area (Å²) in [6.45, 7) is 7.69. The number of nitrogens with one attached hydrogen (secondary N) is 1. The van der Waals surface area contributed by atoms with Crippen molar-refractivity contribution in [2.75, 3.05) is 19.6 Å². The van der Waals surface area contributed by atoms with Gasteiger partial charge in [0.2, 0.25) is 5.91 Å². The zero-order valence-corrected chi connectivity index (χ0v) is 11.1. The fourth-order valence-electron chi connectivity index (χ4n) is 2.77. The number of hydrogen-bond acceptors (Lipinski definition) is 2. The van der Waals surface area contributed by atoms with Gasteiger partial charge in [-0.1, -0.05) is 12.1 Å². The summed E-state index contributed by atoms with van der Waals surface area (Å²) >= 11 is 0. The molecular weight excluding hydrogens is 224 g/mol. The monoisotopic (exact) mass is 244 g/mol. The molecule has 3 heteroatoms. The average molecular weight is 244 g/mol. The maximum absolute atomic E-state index is 12.2. The van der Waals surface area contributed by atoms with Gasteiger partial charge in [-0.25, -0.2) is 0 Å². The maximum Gasteiger partial charge on any atom is 0.228 e. The lowest BCUT2D eigenvalue weighted by Gasteiger charge is -2.35. The van der Waals surface area contributed by atoms with Crippen LogP contribution < -0.4 is 5.32 Å². The summed E-state index contributed by atoms with van der Waals surface area (Å²) in [5.74, 6) is 0.552. The molecule has 0 radical (unpaired) electrons. The van der Waals surface area contributed by atoms with Crippen LogP contribution in [0, 0.1) is 19.8 Å². The topological polar surface area (TPSA) is 32.3 Å². The van der Waals surface area contributed by atoms with E-state index in [2.05, 4.69) is 31.3 Å². The minimum Gasteiger partial charge on any atom is -0.338 e. The Kier molecular flexibility index (Phi) is 2.86. The highest BCUT2D eigenvalue weighted by molar-refractivity contribution is 5.80. The number of amides is 1. The van der Waals surface area contributed by atoms with Gasteiger partial charge in [-0.3, -0.25) is 4.79 Å². The first kappa shape index (κ1) is 11.7. The van der Waals surface area contributed by atoms with Crippen molar-refractivity contribution in [2.24, 2.45) is 5.92 Å². The second-order valence-corrected chi connectivity index (χ2v) is 5.57. The fraction of sp³-hybridized carbons (Fsp3) is 0.533. The van der Waals surface area contributed by atoms with Gasteiger partial charge in [0.25, 0.3) is 0 Å². The Morgan fingerprint density at radius 2 is 1.89 bits per heavy atom. The van der Waals surface area contributed by atoms with E-state index in [0.717, 1.165) is 32.6 Å². The van der Waals surface area contributed by atoms with Gasteiger partial charge in [0.05, 0.1) is 5.92 Å². The number of aryl methyl sites for hydroxylation is 2. The van der Waals surface area contributed by atoms with Crippen LogP contribution in [0.1, 0.15) is 22.3 Å². The predicted molar refractivity (Wildman–Crippen MR) is 71.4 cm³/mol. The van der Waals surface area contributed by atoms with Crippen LogP contribution in [0.25, 0.3) is 0 Å². The number of nitrogens with zero attached hydrogens (tertiary/aromatic N) is 1. The summed E-state index contributed by atoms with van der Waals surface area (Å²) in [4.78, 5) is 14.3. The normalized spacial score (nSPS) is 19.3. The molecule has 1 amide bonds. The number of carbonyl (C=O) groups excluding carboxylic acids is 1. The molecule has 18 heavy (non-hydrogen) atoms. The van der Waals surface area contributed by atoms with Crippen molar-refractivity contribution in [1.29, 1.82) is 0 Å². The maximum atomic E-state index is 12.2. The number of benzene rings is 1. The second kappa shape index (κ2) is 4.39. The van der Waals surface area contributed by atoms with Crippen LogP contribution in [-0.2, 0) is 17.8 Å². The zero-order valence-electron chi connectivity index (χ0n) is 11.1. The summed E-state index contributed by atoms with van der Waals surface area (Å²) in [5.41, 5.74) is 5.45. The smallest absolute Gasteiger partial charge is 0.228 e. The van der Waals surface area contributed by atoms with Crippen molar-refractivity contribution in [1.82, 2.24) is 10.2 Å². The van der Waals surface area contributed by atoms with Gasteiger partial charge in [-0.05, 0) is 42.5 Å². The van der Waals surface area contributed by atoms with E-state index in [9.17, 15) is 4.79 Å². The van der Waals surface area contributed by atoms with Crippen molar-refractivity contribution in [3.8, 4) is 0 Å². The summed E-state index contributed by atoms with van der Waals surface area (Å²) in [7, 11) is 0. The van der Waals surface area contributed by atoms with Crippen molar-refractivity contribution in [3.63, 3.8) is 0 Å². The molecular formula is C15H20N2O. The van der Waals surface area contributed by atoms with Crippen molar-refractivity contribution >= 4 is 5.91 Å². The lowest BCUT2D eigenvalue weighted by molar-refractivity contribution is -0.138. The molecule has 0 bridgehead atoms. The van der Waals surface area contributed by atoms with Crippen LogP contribution in [0.2, 0.25) is 0 Å². The minimum absolute atomic E-state index is 0.220. The number of carbonyl (C=O) groups is 1. The first-order chi connectivity index (χ1) is 8.65. The summed E-state index contributed by atoms with van der Waals surface area (Å²) in [5, 5.41) is 3.17. The van der Waals surface area contributed by atoms with Crippen molar-refractivity contribution in [2.45, 2.75) is 26.8 Å². The van der Waals surface area contributed by atoms with Crippen molar-refractivity contribution < 1.29 is 4.79 Å². The Morgan fingerprint density at radius 3 is 2.50 bits per heavy atom. The Bertz CT molecular complexity index is 492. The Morgan fingerprint density at radius 1 is 1.22 bits per heavy atom. The van der Waals surface area contributed by atoms with Gasteiger partial charge in [0.1, 0.15) is 0 Å². The molecule has 1 aromatic rings. The fourth-order valence-corrected chi connectivity index (χ4v) is 2.77. The summed E-state index contributed by atoms with van der Waals surface area (Å²) in [6.07, 6.45) is 1.00. The number of hydrogen-bond donors (Lipinski definition) is 1. The third kappa shape index (κ3) is 1.93.